The van der Waals surface area contributed by atoms with E-state index in [1.807, 2.05) is 6.92 Å². The molecule has 0 saturated carbocycles. The summed E-state index contributed by atoms with van der Waals surface area (Å²) in [6, 6.07) is 2.03. The first kappa shape index (κ1) is 13.3. The fourth-order valence-electron chi connectivity index (χ4n) is 2.82. The van der Waals surface area contributed by atoms with Crippen molar-refractivity contribution in [2.75, 3.05) is 17.2 Å². The SMILES string of the molecule is CCNc1nc(NC2CC3CCC2O3)c(Cl)cc1Cl. The number of nitrogens with one attached hydrogen (secondary N) is 2. The number of halogens is 2. The number of fused-ring (bicyclic) bond motifs is 2. The number of hydrogen-bond acceptors (Lipinski definition) is 4. The van der Waals surface area contributed by atoms with Crippen LogP contribution in [-0.2, 0) is 4.74 Å². The first-order chi connectivity index (χ1) is 9.17. The van der Waals surface area contributed by atoms with Gasteiger partial charge in [0, 0.05) is 6.54 Å². The lowest BCUT2D eigenvalue weighted by Crippen LogP contribution is -2.31. The molecule has 0 aromatic carbocycles. The Morgan fingerprint density at radius 3 is 2.74 bits per heavy atom. The molecule has 4 nitrogen and oxygen atoms in total. The van der Waals surface area contributed by atoms with Crippen molar-refractivity contribution < 1.29 is 4.74 Å². The van der Waals surface area contributed by atoms with E-state index < -0.39 is 0 Å². The Balaban J connectivity index is 1.78. The summed E-state index contributed by atoms with van der Waals surface area (Å²) in [7, 11) is 0. The molecule has 0 radical (unpaired) electrons. The predicted octanol–water partition coefficient (Wildman–Crippen LogP) is 3.55. The molecule has 2 saturated heterocycles. The molecule has 2 fully saturated rings. The van der Waals surface area contributed by atoms with Gasteiger partial charge in [0.15, 0.2) is 0 Å². The first-order valence-electron chi connectivity index (χ1n) is 6.69. The molecule has 1 aromatic rings. The van der Waals surface area contributed by atoms with Gasteiger partial charge in [0.1, 0.15) is 11.6 Å². The summed E-state index contributed by atoms with van der Waals surface area (Å²) in [6.45, 7) is 2.77. The molecule has 6 heteroatoms. The summed E-state index contributed by atoms with van der Waals surface area (Å²) in [6.07, 6.45) is 4.02. The molecule has 1 aromatic heterocycles. The summed E-state index contributed by atoms with van der Waals surface area (Å²) in [5.41, 5.74) is 0. The number of hydrogen-bond donors (Lipinski definition) is 2. The lowest BCUT2D eigenvalue weighted by atomic mass is 9.95. The summed E-state index contributed by atoms with van der Waals surface area (Å²) < 4.78 is 5.82. The molecule has 0 amide bonds. The van der Waals surface area contributed by atoms with Gasteiger partial charge in [-0.1, -0.05) is 23.2 Å². The maximum absolute atomic E-state index is 6.20. The zero-order valence-corrected chi connectivity index (χ0v) is 12.3. The van der Waals surface area contributed by atoms with Crippen LogP contribution in [-0.4, -0.2) is 29.8 Å². The molecule has 3 atom stereocenters. The summed E-state index contributed by atoms with van der Waals surface area (Å²) >= 11 is 12.3. The van der Waals surface area contributed by atoms with Crippen molar-refractivity contribution in [3.63, 3.8) is 0 Å². The van der Waals surface area contributed by atoms with Crippen LogP contribution in [0.4, 0.5) is 11.6 Å². The first-order valence-corrected chi connectivity index (χ1v) is 7.45. The monoisotopic (exact) mass is 301 g/mol. The Morgan fingerprint density at radius 1 is 1.32 bits per heavy atom. The van der Waals surface area contributed by atoms with Gasteiger partial charge in [0.05, 0.1) is 28.3 Å². The van der Waals surface area contributed by atoms with Crippen LogP contribution in [0.2, 0.25) is 10.0 Å². The van der Waals surface area contributed by atoms with Gasteiger partial charge in [0.2, 0.25) is 0 Å². The maximum atomic E-state index is 6.20. The van der Waals surface area contributed by atoms with Gasteiger partial charge >= 0.3 is 0 Å². The number of aromatic nitrogens is 1. The van der Waals surface area contributed by atoms with E-state index in [4.69, 9.17) is 27.9 Å². The Bertz CT molecular complexity index is 483. The Hall–Kier alpha value is -0.710. The Labute approximate surface area is 122 Å². The van der Waals surface area contributed by atoms with Gasteiger partial charge in [-0.3, -0.25) is 0 Å². The van der Waals surface area contributed by atoms with E-state index in [2.05, 4.69) is 15.6 Å². The molecule has 19 heavy (non-hydrogen) atoms. The molecular formula is C13H17Cl2N3O. The van der Waals surface area contributed by atoms with Gasteiger partial charge in [-0.2, -0.15) is 0 Å². The molecule has 3 rings (SSSR count). The largest absolute Gasteiger partial charge is 0.373 e. The molecule has 2 aliphatic heterocycles. The van der Waals surface area contributed by atoms with Gasteiger partial charge in [0.25, 0.3) is 0 Å². The summed E-state index contributed by atoms with van der Waals surface area (Å²) in [4.78, 5) is 4.47. The number of anilines is 2. The van der Waals surface area contributed by atoms with Crippen molar-refractivity contribution >= 4 is 34.8 Å². The van der Waals surface area contributed by atoms with Crippen molar-refractivity contribution in [2.45, 2.75) is 44.4 Å². The molecule has 2 N–H and O–H groups in total. The van der Waals surface area contributed by atoms with Crippen LogP contribution in [0.5, 0.6) is 0 Å². The lowest BCUT2D eigenvalue weighted by molar-refractivity contribution is 0.102. The molecule has 0 spiro atoms. The third kappa shape index (κ3) is 2.62. The van der Waals surface area contributed by atoms with Crippen molar-refractivity contribution in [1.82, 2.24) is 4.98 Å². The van der Waals surface area contributed by atoms with Crippen LogP contribution in [0.25, 0.3) is 0 Å². The molecule has 0 aliphatic carbocycles. The Kier molecular flexibility index (Phi) is 3.74. The molecular weight excluding hydrogens is 285 g/mol. The molecule has 3 heterocycles. The van der Waals surface area contributed by atoms with E-state index in [1.54, 1.807) is 6.07 Å². The normalized spacial score (nSPS) is 28.7. The van der Waals surface area contributed by atoms with Crippen LogP contribution >= 0.6 is 23.2 Å². The van der Waals surface area contributed by atoms with Crippen LogP contribution in [0.1, 0.15) is 26.2 Å². The zero-order chi connectivity index (χ0) is 13.4. The summed E-state index contributed by atoms with van der Waals surface area (Å²) in [5.74, 6) is 1.35. The smallest absolute Gasteiger partial charge is 0.147 e. The third-order valence-corrected chi connectivity index (χ3v) is 4.28. The highest BCUT2D eigenvalue weighted by molar-refractivity contribution is 6.37. The highest BCUT2D eigenvalue weighted by Gasteiger charge is 2.41. The second-order valence-electron chi connectivity index (χ2n) is 5.04. The minimum absolute atomic E-state index is 0.293. The lowest BCUT2D eigenvalue weighted by Gasteiger charge is -2.21. The fourth-order valence-corrected chi connectivity index (χ4v) is 3.30. The van der Waals surface area contributed by atoms with E-state index in [0.717, 1.165) is 19.4 Å². The zero-order valence-electron chi connectivity index (χ0n) is 10.7. The molecule has 2 bridgehead atoms. The van der Waals surface area contributed by atoms with E-state index in [-0.39, 0.29) is 0 Å². The maximum Gasteiger partial charge on any atom is 0.147 e. The number of ether oxygens (including phenoxy) is 1. The van der Waals surface area contributed by atoms with Crippen LogP contribution in [0.3, 0.4) is 0 Å². The minimum atomic E-state index is 0.293. The third-order valence-electron chi connectivity index (χ3n) is 3.70. The van der Waals surface area contributed by atoms with Crippen LogP contribution in [0.15, 0.2) is 6.07 Å². The van der Waals surface area contributed by atoms with Gasteiger partial charge in [-0.05, 0) is 32.3 Å². The van der Waals surface area contributed by atoms with Crippen LogP contribution in [0, 0.1) is 0 Å². The minimum Gasteiger partial charge on any atom is -0.373 e. The van der Waals surface area contributed by atoms with Crippen LogP contribution < -0.4 is 10.6 Å². The van der Waals surface area contributed by atoms with E-state index in [9.17, 15) is 0 Å². The predicted molar refractivity (Wildman–Crippen MR) is 78.3 cm³/mol. The Morgan fingerprint density at radius 2 is 2.11 bits per heavy atom. The molecule has 2 aliphatic rings. The van der Waals surface area contributed by atoms with E-state index in [1.165, 1.54) is 6.42 Å². The highest BCUT2D eigenvalue weighted by Crippen LogP contribution is 2.37. The number of nitrogens with zero attached hydrogens (tertiary/aromatic N) is 1. The highest BCUT2D eigenvalue weighted by atomic mass is 35.5. The second kappa shape index (κ2) is 5.35. The van der Waals surface area contributed by atoms with E-state index >= 15 is 0 Å². The van der Waals surface area contributed by atoms with Crippen molar-refractivity contribution in [1.29, 1.82) is 0 Å². The van der Waals surface area contributed by atoms with E-state index in [0.29, 0.717) is 39.9 Å². The average Bonchev–Trinajstić information content (AvgIpc) is 2.97. The second-order valence-corrected chi connectivity index (χ2v) is 5.85. The van der Waals surface area contributed by atoms with Crippen molar-refractivity contribution in [2.24, 2.45) is 0 Å². The van der Waals surface area contributed by atoms with Gasteiger partial charge < -0.3 is 15.4 Å². The fraction of sp³-hybridized carbons (Fsp3) is 0.615. The van der Waals surface area contributed by atoms with Crippen molar-refractivity contribution in [3.8, 4) is 0 Å². The number of rotatable bonds is 4. The molecule has 104 valence electrons. The van der Waals surface area contributed by atoms with Crippen molar-refractivity contribution in [3.05, 3.63) is 16.1 Å². The quantitative estimate of drug-likeness (QED) is 0.893. The topological polar surface area (TPSA) is 46.2 Å². The van der Waals surface area contributed by atoms with Gasteiger partial charge in [-0.25, -0.2) is 4.98 Å². The standard InChI is InChI=1S/C13H17Cl2N3O/c1-2-16-12-8(14)6-9(15)13(18-12)17-10-5-7-3-4-11(10)19-7/h6-7,10-11H,2-5H2,1H3,(H2,16,17,18). The number of pyridine rings is 1. The summed E-state index contributed by atoms with van der Waals surface area (Å²) in [5, 5.41) is 7.62. The van der Waals surface area contributed by atoms with Gasteiger partial charge in [-0.15, -0.1) is 0 Å². The average molecular weight is 302 g/mol. The molecule has 3 unspecified atom stereocenters.